The number of hydrogen-bond acceptors (Lipinski definition) is 5. The van der Waals surface area contributed by atoms with E-state index < -0.39 is 0 Å². The lowest BCUT2D eigenvalue weighted by Gasteiger charge is -2.24. The van der Waals surface area contributed by atoms with Crippen LogP contribution in [0.15, 0.2) is 10.5 Å². The van der Waals surface area contributed by atoms with Gasteiger partial charge in [0.25, 0.3) is 0 Å². The van der Waals surface area contributed by atoms with Gasteiger partial charge in [-0.15, -0.1) is 0 Å². The van der Waals surface area contributed by atoms with Gasteiger partial charge >= 0.3 is 0 Å². The molecule has 0 spiro atoms. The van der Waals surface area contributed by atoms with E-state index in [1.165, 1.54) is 0 Å². The minimum Gasteiger partial charge on any atom is -0.507 e. The molecule has 1 fully saturated rings. The smallest absolute Gasteiger partial charge is 0.175 e. The first-order valence-corrected chi connectivity index (χ1v) is 7.36. The van der Waals surface area contributed by atoms with Crippen molar-refractivity contribution in [2.45, 2.75) is 12.5 Å². The summed E-state index contributed by atoms with van der Waals surface area (Å²) in [6.45, 7) is 1.59. The third kappa shape index (κ3) is 2.60. The molecule has 1 aromatic rings. The van der Waals surface area contributed by atoms with Crippen molar-refractivity contribution >= 4 is 15.9 Å². The van der Waals surface area contributed by atoms with Crippen molar-refractivity contribution in [3.8, 4) is 17.2 Å². The number of rotatable bonds is 4. The maximum Gasteiger partial charge on any atom is 0.175 e. The molecular weight excluding hydrogens is 324 g/mol. The van der Waals surface area contributed by atoms with Gasteiger partial charge in [-0.1, -0.05) is 0 Å². The first kappa shape index (κ1) is 15.4. The molecule has 1 saturated heterocycles. The van der Waals surface area contributed by atoms with Crippen molar-refractivity contribution in [3.63, 3.8) is 0 Å². The Morgan fingerprint density at radius 3 is 2.65 bits per heavy atom. The summed E-state index contributed by atoms with van der Waals surface area (Å²) in [7, 11) is 5.18. The number of benzene rings is 1. The molecule has 1 heterocycles. The van der Waals surface area contributed by atoms with Crippen molar-refractivity contribution in [3.05, 3.63) is 16.1 Å². The Balaban J connectivity index is 2.47. The Bertz CT molecular complexity index is 496. The van der Waals surface area contributed by atoms with E-state index in [9.17, 15) is 5.11 Å². The molecule has 0 aliphatic carbocycles. The summed E-state index contributed by atoms with van der Waals surface area (Å²) in [4.78, 5) is 2.21. The third-order valence-corrected chi connectivity index (χ3v) is 4.72. The van der Waals surface area contributed by atoms with Gasteiger partial charge in [-0.25, -0.2) is 0 Å². The second-order valence-corrected chi connectivity index (χ2v) is 5.94. The maximum absolute atomic E-state index is 10.3. The zero-order chi connectivity index (χ0) is 14.9. The monoisotopic (exact) mass is 344 g/mol. The van der Waals surface area contributed by atoms with Gasteiger partial charge in [-0.2, -0.15) is 0 Å². The van der Waals surface area contributed by atoms with Gasteiger partial charge in [0.15, 0.2) is 11.5 Å². The predicted octanol–water partition coefficient (Wildman–Crippen LogP) is 2.12. The molecule has 0 aromatic heterocycles. The summed E-state index contributed by atoms with van der Waals surface area (Å²) in [5, 5.41) is 10.3. The molecule has 6 heteroatoms. The fourth-order valence-electron chi connectivity index (χ4n) is 2.88. The van der Waals surface area contributed by atoms with Gasteiger partial charge < -0.3 is 20.3 Å². The number of phenolic OH excluding ortho intramolecular Hbond substituents is 1. The fourth-order valence-corrected chi connectivity index (χ4v) is 3.71. The van der Waals surface area contributed by atoms with E-state index >= 15 is 0 Å². The lowest BCUT2D eigenvalue weighted by Crippen LogP contribution is -2.21. The molecule has 5 nitrogen and oxygen atoms in total. The molecule has 2 unspecified atom stereocenters. The van der Waals surface area contributed by atoms with Crippen LogP contribution < -0.4 is 15.2 Å². The molecule has 0 amide bonds. The van der Waals surface area contributed by atoms with E-state index in [4.69, 9.17) is 15.2 Å². The van der Waals surface area contributed by atoms with Crippen LogP contribution in [0.1, 0.15) is 18.0 Å². The Morgan fingerprint density at radius 2 is 2.15 bits per heavy atom. The highest BCUT2D eigenvalue weighted by Crippen LogP contribution is 2.48. The summed E-state index contributed by atoms with van der Waals surface area (Å²) in [6, 6.07) is 1.72. The number of likely N-dealkylation sites (tertiary alicyclic amines) is 1. The number of ether oxygens (including phenoxy) is 2. The van der Waals surface area contributed by atoms with E-state index in [0.29, 0.717) is 24.0 Å². The quantitative estimate of drug-likeness (QED) is 0.875. The van der Waals surface area contributed by atoms with Crippen LogP contribution in [-0.2, 0) is 0 Å². The van der Waals surface area contributed by atoms with Gasteiger partial charge in [0.1, 0.15) is 5.75 Å². The number of aromatic hydroxyl groups is 1. The highest BCUT2D eigenvalue weighted by molar-refractivity contribution is 9.10. The number of hydrogen-bond donors (Lipinski definition) is 2. The normalized spacial score (nSPS) is 23.1. The van der Waals surface area contributed by atoms with Gasteiger partial charge in [0.2, 0.25) is 0 Å². The molecular formula is C14H21BrN2O3. The summed E-state index contributed by atoms with van der Waals surface area (Å²) in [5.74, 6) is 1.77. The summed E-state index contributed by atoms with van der Waals surface area (Å²) in [5.41, 5.74) is 6.60. The highest BCUT2D eigenvalue weighted by Gasteiger charge is 2.34. The highest BCUT2D eigenvalue weighted by atomic mass is 79.9. The molecule has 0 saturated carbocycles. The second kappa shape index (κ2) is 6.20. The third-order valence-electron chi connectivity index (χ3n) is 3.93. The number of phenols is 1. The van der Waals surface area contributed by atoms with E-state index in [0.717, 1.165) is 23.0 Å². The molecule has 3 N–H and O–H groups in total. The average molecular weight is 345 g/mol. The topological polar surface area (TPSA) is 68.0 Å². The van der Waals surface area contributed by atoms with Crippen LogP contribution in [-0.4, -0.2) is 44.4 Å². The van der Waals surface area contributed by atoms with Crippen LogP contribution in [0.5, 0.6) is 17.2 Å². The zero-order valence-corrected chi connectivity index (χ0v) is 13.6. The first-order valence-electron chi connectivity index (χ1n) is 6.57. The van der Waals surface area contributed by atoms with Gasteiger partial charge in [0.05, 0.1) is 18.7 Å². The zero-order valence-electron chi connectivity index (χ0n) is 12.0. The molecule has 2 atom stereocenters. The molecule has 112 valence electrons. The Labute approximate surface area is 127 Å². The minimum absolute atomic E-state index is 0.123. The van der Waals surface area contributed by atoms with E-state index in [2.05, 4.69) is 20.8 Å². The van der Waals surface area contributed by atoms with Crippen molar-refractivity contribution < 1.29 is 14.6 Å². The van der Waals surface area contributed by atoms with Crippen LogP contribution in [0, 0.1) is 5.92 Å². The SMILES string of the molecule is COc1cc(O)c(C2CC(CN)CN2C)c(Br)c1OC. The first-order chi connectivity index (χ1) is 9.53. The molecule has 0 radical (unpaired) electrons. The number of methoxy groups -OCH3 is 2. The minimum atomic E-state index is 0.123. The van der Waals surface area contributed by atoms with Gasteiger partial charge in [-0.3, -0.25) is 4.90 Å². The lowest BCUT2D eigenvalue weighted by atomic mass is 9.98. The predicted molar refractivity (Wildman–Crippen MR) is 81.4 cm³/mol. The standard InChI is InChI=1S/C14H21BrN2O3/c1-17-7-8(6-16)4-9(17)12-10(18)5-11(19-2)14(20-3)13(12)15/h5,8-9,18H,4,6-7,16H2,1-3H3. The van der Waals surface area contributed by atoms with Crippen molar-refractivity contribution in [1.82, 2.24) is 4.90 Å². The summed E-state index contributed by atoms with van der Waals surface area (Å²) < 4.78 is 11.4. The average Bonchev–Trinajstić information content (AvgIpc) is 2.79. The molecule has 0 bridgehead atoms. The van der Waals surface area contributed by atoms with Crippen LogP contribution >= 0.6 is 15.9 Å². The summed E-state index contributed by atoms with van der Waals surface area (Å²) >= 11 is 3.54. The molecule has 1 aliphatic heterocycles. The molecule has 1 aliphatic rings. The maximum atomic E-state index is 10.3. The molecule has 20 heavy (non-hydrogen) atoms. The Hall–Kier alpha value is -0.980. The van der Waals surface area contributed by atoms with Crippen LogP contribution in [0.4, 0.5) is 0 Å². The van der Waals surface area contributed by atoms with Crippen LogP contribution in [0.25, 0.3) is 0 Å². The van der Waals surface area contributed by atoms with Crippen LogP contribution in [0.3, 0.4) is 0 Å². The second-order valence-electron chi connectivity index (χ2n) is 5.15. The van der Waals surface area contributed by atoms with E-state index in [-0.39, 0.29) is 11.8 Å². The Kier molecular flexibility index (Phi) is 4.78. The van der Waals surface area contributed by atoms with Gasteiger partial charge in [0, 0.05) is 24.2 Å². The van der Waals surface area contributed by atoms with Crippen LogP contribution in [0.2, 0.25) is 0 Å². The number of nitrogens with zero attached hydrogens (tertiary/aromatic N) is 1. The van der Waals surface area contributed by atoms with Crippen molar-refractivity contribution in [1.29, 1.82) is 0 Å². The molecule has 2 rings (SSSR count). The van der Waals surface area contributed by atoms with E-state index in [1.54, 1.807) is 20.3 Å². The lowest BCUT2D eigenvalue weighted by molar-refractivity contribution is 0.300. The summed E-state index contributed by atoms with van der Waals surface area (Å²) in [6.07, 6.45) is 0.925. The number of halogens is 1. The molecule has 1 aromatic carbocycles. The fraction of sp³-hybridized carbons (Fsp3) is 0.571. The largest absolute Gasteiger partial charge is 0.507 e. The number of nitrogens with two attached hydrogens (primary N) is 1. The van der Waals surface area contributed by atoms with Gasteiger partial charge in [-0.05, 0) is 41.9 Å². The van der Waals surface area contributed by atoms with Crippen molar-refractivity contribution in [2.24, 2.45) is 11.7 Å². The van der Waals surface area contributed by atoms with Crippen molar-refractivity contribution in [2.75, 3.05) is 34.4 Å². The Morgan fingerprint density at radius 1 is 1.45 bits per heavy atom. The van der Waals surface area contributed by atoms with E-state index in [1.807, 2.05) is 7.05 Å².